The predicted molar refractivity (Wildman–Crippen MR) is 136 cm³/mol. The van der Waals surface area contributed by atoms with Gasteiger partial charge in [0.05, 0.1) is 32.2 Å². The third kappa shape index (κ3) is 4.95. The lowest BCUT2D eigenvalue weighted by molar-refractivity contribution is -0.116. The van der Waals surface area contributed by atoms with Crippen molar-refractivity contribution in [3.63, 3.8) is 0 Å². The van der Waals surface area contributed by atoms with Gasteiger partial charge in [0.2, 0.25) is 11.8 Å². The van der Waals surface area contributed by atoms with Crippen LogP contribution in [-0.4, -0.2) is 41.5 Å². The minimum Gasteiger partial charge on any atom is -0.493 e. The van der Waals surface area contributed by atoms with Crippen LogP contribution in [0.15, 0.2) is 42.5 Å². The summed E-state index contributed by atoms with van der Waals surface area (Å²) in [5.74, 6) is 1.05. The van der Waals surface area contributed by atoms with Gasteiger partial charge in [0.15, 0.2) is 17.1 Å². The zero-order valence-electron chi connectivity index (χ0n) is 21.0. The number of carbonyl (C=O) groups is 1. The number of amides is 1. The number of hydrogen-bond acceptors (Lipinski definition) is 6. The number of pyridine rings is 1. The number of fused-ring (bicyclic) bond motifs is 1. The van der Waals surface area contributed by atoms with Crippen LogP contribution in [0.25, 0.3) is 16.7 Å². The molecule has 4 rings (SSSR count). The van der Waals surface area contributed by atoms with Crippen LogP contribution in [0.1, 0.15) is 30.2 Å². The van der Waals surface area contributed by atoms with Gasteiger partial charge >= 0.3 is 0 Å². The number of methoxy groups -OCH3 is 2. The molecule has 4 aromatic rings. The van der Waals surface area contributed by atoms with E-state index in [0.29, 0.717) is 47.4 Å². The summed E-state index contributed by atoms with van der Waals surface area (Å²) in [6.07, 6.45) is 0.646. The highest BCUT2D eigenvalue weighted by atomic mass is 19.1. The summed E-state index contributed by atoms with van der Waals surface area (Å²) in [5, 5.41) is 8.38. The number of hydrogen-bond donors (Lipinski definition) is 1. The van der Waals surface area contributed by atoms with Gasteiger partial charge in [-0.2, -0.15) is 10.1 Å². The van der Waals surface area contributed by atoms with Crippen LogP contribution in [0, 0.1) is 19.7 Å². The zero-order chi connectivity index (χ0) is 25.8. The molecule has 1 N–H and O–H groups in total. The Morgan fingerprint density at radius 1 is 1.08 bits per heavy atom. The second-order valence-electron chi connectivity index (χ2n) is 8.25. The smallest absolute Gasteiger partial charge is 0.224 e. The Labute approximate surface area is 209 Å². The molecular formula is C27H29FN4O4. The first-order valence-corrected chi connectivity index (χ1v) is 11.7. The molecule has 1 amide bonds. The fourth-order valence-corrected chi connectivity index (χ4v) is 4.25. The largest absolute Gasteiger partial charge is 0.493 e. The Morgan fingerprint density at radius 3 is 2.56 bits per heavy atom. The molecule has 0 aliphatic heterocycles. The number of aryl methyl sites for hydroxylation is 2. The number of benzene rings is 2. The molecule has 0 unspecified atom stereocenters. The van der Waals surface area contributed by atoms with E-state index in [2.05, 4.69) is 10.4 Å². The van der Waals surface area contributed by atoms with E-state index in [1.54, 1.807) is 49.2 Å². The molecule has 0 atom stereocenters. The Balaban J connectivity index is 1.63. The Morgan fingerprint density at radius 2 is 1.86 bits per heavy atom. The second kappa shape index (κ2) is 10.6. The van der Waals surface area contributed by atoms with Crippen molar-refractivity contribution < 1.29 is 23.4 Å². The molecule has 0 spiro atoms. The number of halogens is 1. The number of anilines is 1. The minimum atomic E-state index is -0.354. The highest BCUT2D eigenvalue weighted by Gasteiger charge is 2.21. The molecule has 0 saturated heterocycles. The van der Waals surface area contributed by atoms with E-state index in [1.807, 2.05) is 20.8 Å². The molecule has 0 saturated carbocycles. The molecule has 2 aromatic heterocycles. The number of carbonyl (C=O) groups excluding carboxylic acids is 1. The van der Waals surface area contributed by atoms with E-state index in [-0.39, 0.29) is 18.1 Å². The molecule has 0 aliphatic carbocycles. The van der Waals surface area contributed by atoms with Crippen molar-refractivity contribution in [1.29, 1.82) is 0 Å². The van der Waals surface area contributed by atoms with Gasteiger partial charge in [-0.15, -0.1) is 0 Å². The SMILES string of the molecule is CCOc1nc2c(c(C)nn2-c2cccc(F)c2)c(C)c1CCC(=O)Nc1ccc(OC)c(OC)c1. The lowest BCUT2D eigenvalue weighted by Gasteiger charge is -2.14. The number of rotatable bonds is 9. The summed E-state index contributed by atoms with van der Waals surface area (Å²) >= 11 is 0. The number of aromatic nitrogens is 3. The molecule has 2 heterocycles. The normalized spacial score (nSPS) is 10.9. The van der Waals surface area contributed by atoms with Crippen molar-refractivity contribution in [2.45, 2.75) is 33.6 Å². The van der Waals surface area contributed by atoms with Crippen LogP contribution in [0.5, 0.6) is 17.4 Å². The number of ether oxygens (including phenoxy) is 3. The minimum absolute atomic E-state index is 0.156. The molecule has 2 aromatic carbocycles. The van der Waals surface area contributed by atoms with Crippen molar-refractivity contribution in [2.75, 3.05) is 26.1 Å². The summed E-state index contributed by atoms with van der Waals surface area (Å²) in [6.45, 7) is 6.15. The summed E-state index contributed by atoms with van der Waals surface area (Å²) in [6, 6.07) is 11.4. The van der Waals surface area contributed by atoms with Crippen LogP contribution in [0.4, 0.5) is 10.1 Å². The van der Waals surface area contributed by atoms with Crippen LogP contribution in [0.3, 0.4) is 0 Å². The highest BCUT2D eigenvalue weighted by Crippen LogP contribution is 2.33. The van der Waals surface area contributed by atoms with E-state index >= 15 is 0 Å². The maximum absolute atomic E-state index is 13.9. The zero-order valence-corrected chi connectivity index (χ0v) is 21.0. The van der Waals surface area contributed by atoms with Crippen molar-refractivity contribution >= 4 is 22.6 Å². The Hall–Kier alpha value is -4.14. The monoisotopic (exact) mass is 492 g/mol. The predicted octanol–water partition coefficient (Wildman–Crippen LogP) is 5.16. The summed E-state index contributed by atoms with van der Waals surface area (Å²) in [4.78, 5) is 17.5. The third-order valence-corrected chi connectivity index (χ3v) is 5.93. The Bertz CT molecular complexity index is 1420. The maximum Gasteiger partial charge on any atom is 0.224 e. The first-order valence-electron chi connectivity index (χ1n) is 11.7. The molecule has 0 fully saturated rings. The Kier molecular flexibility index (Phi) is 7.38. The van der Waals surface area contributed by atoms with Crippen LogP contribution in [0.2, 0.25) is 0 Å². The molecule has 0 aliphatic rings. The topological polar surface area (TPSA) is 87.5 Å². The molecule has 0 bridgehead atoms. The van der Waals surface area contributed by atoms with Crippen molar-refractivity contribution in [3.8, 4) is 23.1 Å². The molecule has 8 nitrogen and oxygen atoms in total. The van der Waals surface area contributed by atoms with Crippen LogP contribution in [-0.2, 0) is 11.2 Å². The molecular weight excluding hydrogens is 463 g/mol. The fraction of sp³-hybridized carbons (Fsp3) is 0.296. The standard InChI is InChI=1S/C27H29FN4O4/c1-6-36-27-21(11-13-24(33)29-19-10-12-22(34-4)23(15-19)35-5)16(2)25-17(3)31-32(26(25)30-27)20-9-7-8-18(28)14-20/h7-10,12,14-15H,6,11,13H2,1-5H3,(H,29,33). The maximum atomic E-state index is 13.9. The van der Waals surface area contributed by atoms with Gasteiger partial charge in [-0.1, -0.05) is 6.07 Å². The first-order chi connectivity index (χ1) is 17.4. The van der Waals surface area contributed by atoms with Crippen molar-refractivity contribution in [2.24, 2.45) is 0 Å². The average molecular weight is 493 g/mol. The van der Waals surface area contributed by atoms with E-state index in [9.17, 15) is 9.18 Å². The van der Waals surface area contributed by atoms with Gasteiger partial charge in [0.1, 0.15) is 5.82 Å². The first kappa shape index (κ1) is 25.0. The number of nitrogens with zero attached hydrogens (tertiary/aromatic N) is 3. The molecule has 36 heavy (non-hydrogen) atoms. The second-order valence-corrected chi connectivity index (χ2v) is 8.25. The molecule has 9 heteroatoms. The quantitative estimate of drug-likeness (QED) is 0.347. The van der Waals surface area contributed by atoms with Crippen LogP contribution >= 0.6 is 0 Å². The van der Waals surface area contributed by atoms with Crippen LogP contribution < -0.4 is 19.5 Å². The number of nitrogens with one attached hydrogen (secondary N) is 1. The lowest BCUT2D eigenvalue weighted by atomic mass is 10.0. The van der Waals surface area contributed by atoms with Gasteiger partial charge in [-0.3, -0.25) is 4.79 Å². The molecule has 0 radical (unpaired) electrons. The summed E-state index contributed by atoms with van der Waals surface area (Å²) < 4.78 is 31.9. The molecule has 188 valence electrons. The van der Waals surface area contributed by atoms with E-state index in [0.717, 1.165) is 22.2 Å². The van der Waals surface area contributed by atoms with Gasteiger partial charge in [0.25, 0.3) is 0 Å². The average Bonchev–Trinajstić information content (AvgIpc) is 3.20. The van der Waals surface area contributed by atoms with Gasteiger partial charge in [0, 0.05) is 29.1 Å². The van der Waals surface area contributed by atoms with Crippen molar-refractivity contribution in [3.05, 3.63) is 65.1 Å². The van der Waals surface area contributed by atoms with E-state index in [4.69, 9.17) is 19.2 Å². The van der Waals surface area contributed by atoms with Gasteiger partial charge < -0.3 is 19.5 Å². The van der Waals surface area contributed by atoms with Gasteiger partial charge in [-0.05, 0) is 63.1 Å². The van der Waals surface area contributed by atoms with E-state index < -0.39 is 0 Å². The van der Waals surface area contributed by atoms with E-state index in [1.165, 1.54) is 12.1 Å². The highest BCUT2D eigenvalue weighted by molar-refractivity contribution is 5.91. The lowest BCUT2D eigenvalue weighted by Crippen LogP contribution is -2.14. The summed E-state index contributed by atoms with van der Waals surface area (Å²) in [5.41, 5.74) is 4.30. The summed E-state index contributed by atoms with van der Waals surface area (Å²) in [7, 11) is 3.10. The van der Waals surface area contributed by atoms with Crippen molar-refractivity contribution in [1.82, 2.24) is 14.8 Å². The fourth-order valence-electron chi connectivity index (χ4n) is 4.25. The third-order valence-electron chi connectivity index (χ3n) is 5.93. The van der Waals surface area contributed by atoms with Gasteiger partial charge in [-0.25, -0.2) is 9.07 Å².